The normalized spacial score (nSPS) is 22.5. The molecule has 3 rings (SSSR count). The molecule has 0 bridgehead atoms. The van der Waals surface area contributed by atoms with E-state index in [0.717, 1.165) is 25.4 Å². The summed E-state index contributed by atoms with van der Waals surface area (Å²) in [5, 5.41) is 0. The van der Waals surface area contributed by atoms with Crippen molar-refractivity contribution >= 4 is 0 Å². The van der Waals surface area contributed by atoms with E-state index in [1.54, 1.807) is 7.11 Å². The lowest BCUT2D eigenvalue weighted by atomic mass is 10.1. The number of nitrogens with zero attached hydrogens (tertiary/aromatic N) is 1. The summed E-state index contributed by atoms with van der Waals surface area (Å²) in [5.41, 5.74) is 2.57. The molecule has 22 heavy (non-hydrogen) atoms. The van der Waals surface area contributed by atoms with Crippen molar-refractivity contribution in [2.24, 2.45) is 0 Å². The predicted molar refractivity (Wildman–Crippen MR) is 88.0 cm³/mol. The molecule has 0 saturated carbocycles. The Hall–Kier alpha value is -1.84. The van der Waals surface area contributed by atoms with Crippen molar-refractivity contribution < 1.29 is 9.47 Å². The molecular weight excluding hydrogens is 274 g/mol. The SMILES string of the molecule is COc1ccc(CN2C[C@@H](c3ccccc3)OC[C@H]2C)cc1. The lowest BCUT2D eigenvalue weighted by Crippen LogP contribution is -2.44. The molecule has 0 unspecified atom stereocenters. The Balaban J connectivity index is 1.68. The molecule has 1 heterocycles. The van der Waals surface area contributed by atoms with E-state index in [9.17, 15) is 0 Å². The van der Waals surface area contributed by atoms with Crippen molar-refractivity contribution in [3.05, 3.63) is 65.7 Å². The van der Waals surface area contributed by atoms with E-state index >= 15 is 0 Å². The van der Waals surface area contributed by atoms with Crippen LogP contribution in [0.15, 0.2) is 54.6 Å². The van der Waals surface area contributed by atoms with Gasteiger partial charge >= 0.3 is 0 Å². The second-order valence-corrected chi connectivity index (χ2v) is 5.86. The number of ether oxygens (including phenoxy) is 2. The third-order valence-electron chi connectivity index (χ3n) is 4.28. The Morgan fingerprint density at radius 2 is 1.82 bits per heavy atom. The summed E-state index contributed by atoms with van der Waals surface area (Å²) in [5.74, 6) is 0.904. The quantitative estimate of drug-likeness (QED) is 0.859. The zero-order chi connectivity index (χ0) is 15.4. The Morgan fingerprint density at radius 1 is 1.09 bits per heavy atom. The third kappa shape index (κ3) is 3.49. The van der Waals surface area contributed by atoms with Crippen molar-refractivity contribution in [2.45, 2.75) is 25.6 Å². The van der Waals surface area contributed by atoms with Gasteiger partial charge in [0, 0.05) is 19.1 Å². The van der Waals surface area contributed by atoms with Gasteiger partial charge in [0.15, 0.2) is 0 Å². The Kier molecular flexibility index (Phi) is 4.76. The van der Waals surface area contributed by atoms with E-state index in [1.807, 2.05) is 18.2 Å². The monoisotopic (exact) mass is 297 g/mol. The van der Waals surface area contributed by atoms with Crippen LogP contribution in [0.1, 0.15) is 24.2 Å². The molecule has 0 radical (unpaired) electrons. The van der Waals surface area contributed by atoms with E-state index in [4.69, 9.17) is 9.47 Å². The number of benzene rings is 2. The molecule has 1 fully saturated rings. The molecule has 1 saturated heterocycles. The minimum atomic E-state index is 0.163. The topological polar surface area (TPSA) is 21.7 Å². The fourth-order valence-electron chi connectivity index (χ4n) is 2.86. The summed E-state index contributed by atoms with van der Waals surface area (Å²) in [4.78, 5) is 2.49. The highest BCUT2D eigenvalue weighted by Crippen LogP contribution is 2.26. The zero-order valence-electron chi connectivity index (χ0n) is 13.2. The molecule has 2 atom stereocenters. The molecule has 0 aliphatic carbocycles. The number of morpholine rings is 1. The molecular formula is C19H23NO2. The first-order valence-corrected chi connectivity index (χ1v) is 7.80. The maximum absolute atomic E-state index is 6.02. The van der Waals surface area contributed by atoms with E-state index < -0.39 is 0 Å². The van der Waals surface area contributed by atoms with Crippen molar-refractivity contribution in [1.29, 1.82) is 0 Å². The van der Waals surface area contributed by atoms with Crippen LogP contribution < -0.4 is 4.74 Å². The fraction of sp³-hybridized carbons (Fsp3) is 0.368. The second kappa shape index (κ2) is 6.95. The molecule has 0 aromatic heterocycles. The maximum Gasteiger partial charge on any atom is 0.118 e. The molecule has 116 valence electrons. The molecule has 2 aromatic carbocycles. The van der Waals surface area contributed by atoms with Gasteiger partial charge < -0.3 is 9.47 Å². The summed E-state index contributed by atoms with van der Waals surface area (Å²) in [6, 6.07) is 19.2. The van der Waals surface area contributed by atoms with Gasteiger partial charge in [-0.1, -0.05) is 42.5 Å². The van der Waals surface area contributed by atoms with Gasteiger partial charge in [-0.25, -0.2) is 0 Å². The Bertz CT molecular complexity index is 582. The highest BCUT2D eigenvalue weighted by atomic mass is 16.5. The van der Waals surface area contributed by atoms with Gasteiger partial charge in [0.25, 0.3) is 0 Å². The molecule has 0 N–H and O–H groups in total. The summed E-state index contributed by atoms with van der Waals surface area (Å²) in [6.07, 6.45) is 0.163. The van der Waals surface area contributed by atoms with Gasteiger partial charge in [-0.3, -0.25) is 4.90 Å². The Labute approximate surface area is 132 Å². The van der Waals surface area contributed by atoms with Crippen LogP contribution in [0.3, 0.4) is 0 Å². The minimum absolute atomic E-state index is 0.163. The molecule has 3 nitrogen and oxygen atoms in total. The van der Waals surface area contributed by atoms with Gasteiger partial charge in [0.05, 0.1) is 19.8 Å². The van der Waals surface area contributed by atoms with Gasteiger partial charge in [-0.2, -0.15) is 0 Å². The third-order valence-corrected chi connectivity index (χ3v) is 4.28. The van der Waals surface area contributed by atoms with Crippen LogP contribution in [0.4, 0.5) is 0 Å². The van der Waals surface area contributed by atoms with Crippen LogP contribution in [0.5, 0.6) is 5.75 Å². The lowest BCUT2D eigenvalue weighted by Gasteiger charge is -2.38. The van der Waals surface area contributed by atoms with Crippen molar-refractivity contribution in [2.75, 3.05) is 20.3 Å². The number of rotatable bonds is 4. The molecule has 1 aliphatic heterocycles. The molecule has 1 aliphatic rings. The number of hydrogen-bond acceptors (Lipinski definition) is 3. The zero-order valence-corrected chi connectivity index (χ0v) is 13.2. The van der Waals surface area contributed by atoms with Crippen molar-refractivity contribution in [3.63, 3.8) is 0 Å². The van der Waals surface area contributed by atoms with E-state index in [1.165, 1.54) is 11.1 Å². The van der Waals surface area contributed by atoms with E-state index in [0.29, 0.717) is 6.04 Å². The van der Waals surface area contributed by atoms with Gasteiger partial charge in [0.2, 0.25) is 0 Å². The van der Waals surface area contributed by atoms with Gasteiger partial charge in [0.1, 0.15) is 5.75 Å². The fourth-order valence-corrected chi connectivity index (χ4v) is 2.86. The first-order chi connectivity index (χ1) is 10.8. The van der Waals surface area contributed by atoms with Crippen LogP contribution in [0.2, 0.25) is 0 Å². The summed E-state index contributed by atoms with van der Waals surface area (Å²) in [6.45, 7) is 4.87. The summed E-state index contributed by atoms with van der Waals surface area (Å²) >= 11 is 0. The maximum atomic E-state index is 6.02. The Morgan fingerprint density at radius 3 is 2.50 bits per heavy atom. The molecule has 0 amide bonds. The molecule has 3 heteroatoms. The van der Waals surface area contributed by atoms with E-state index in [2.05, 4.69) is 48.2 Å². The van der Waals surface area contributed by atoms with Gasteiger partial charge in [-0.05, 0) is 30.2 Å². The van der Waals surface area contributed by atoms with Crippen LogP contribution in [-0.2, 0) is 11.3 Å². The van der Waals surface area contributed by atoms with Crippen LogP contribution in [-0.4, -0.2) is 31.2 Å². The number of hydrogen-bond donors (Lipinski definition) is 0. The lowest BCUT2D eigenvalue weighted by molar-refractivity contribution is -0.0633. The second-order valence-electron chi connectivity index (χ2n) is 5.86. The van der Waals surface area contributed by atoms with Crippen LogP contribution in [0.25, 0.3) is 0 Å². The van der Waals surface area contributed by atoms with E-state index in [-0.39, 0.29) is 6.10 Å². The van der Waals surface area contributed by atoms with Crippen molar-refractivity contribution in [1.82, 2.24) is 4.90 Å². The number of methoxy groups -OCH3 is 1. The largest absolute Gasteiger partial charge is 0.497 e. The molecule has 2 aromatic rings. The summed E-state index contributed by atoms with van der Waals surface area (Å²) < 4.78 is 11.2. The predicted octanol–water partition coefficient (Wildman–Crippen LogP) is 3.66. The average Bonchev–Trinajstić information content (AvgIpc) is 2.58. The smallest absolute Gasteiger partial charge is 0.118 e. The first-order valence-electron chi connectivity index (χ1n) is 7.80. The van der Waals surface area contributed by atoms with Crippen LogP contribution in [0, 0.1) is 0 Å². The van der Waals surface area contributed by atoms with Crippen molar-refractivity contribution in [3.8, 4) is 5.75 Å². The highest BCUT2D eigenvalue weighted by Gasteiger charge is 2.26. The average molecular weight is 297 g/mol. The first kappa shape index (κ1) is 15.1. The highest BCUT2D eigenvalue weighted by molar-refractivity contribution is 5.27. The van der Waals surface area contributed by atoms with Gasteiger partial charge in [-0.15, -0.1) is 0 Å². The van der Waals surface area contributed by atoms with Crippen LogP contribution >= 0.6 is 0 Å². The standard InChI is InChI=1S/C19H23NO2/c1-15-14-22-19(17-6-4-3-5-7-17)13-20(15)12-16-8-10-18(21-2)11-9-16/h3-11,15,19H,12-14H2,1-2H3/t15-,19+/m1/s1. The molecule has 0 spiro atoms. The minimum Gasteiger partial charge on any atom is -0.497 e. The summed E-state index contributed by atoms with van der Waals surface area (Å²) in [7, 11) is 1.70.